The van der Waals surface area contributed by atoms with Gasteiger partial charge in [-0.2, -0.15) is 0 Å². The molecule has 1 aromatic carbocycles. The Balaban J connectivity index is 2.00. The van der Waals surface area contributed by atoms with Gasteiger partial charge in [0.05, 0.1) is 36.9 Å². The minimum Gasteiger partial charge on any atom is -0.463 e. The van der Waals surface area contributed by atoms with Crippen molar-refractivity contribution in [3.05, 3.63) is 58.3 Å². The van der Waals surface area contributed by atoms with Crippen LogP contribution in [0.4, 0.5) is 0 Å². The third kappa shape index (κ3) is 3.91. The van der Waals surface area contributed by atoms with Crippen LogP contribution in [0.3, 0.4) is 0 Å². The molecular formula is C19H20N2O5S. The van der Waals surface area contributed by atoms with Crippen molar-refractivity contribution in [3.8, 4) is 0 Å². The van der Waals surface area contributed by atoms with Gasteiger partial charge >= 0.3 is 5.97 Å². The van der Waals surface area contributed by atoms with E-state index >= 15 is 0 Å². The number of methoxy groups -OCH3 is 2. The number of thioether (sulfide) groups is 1. The lowest BCUT2D eigenvalue weighted by Crippen LogP contribution is -2.28. The molecule has 1 atom stereocenters. The van der Waals surface area contributed by atoms with Crippen molar-refractivity contribution in [3.63, 3.8) is 0 Å². The van der Waals surface area contributed by atoms with Gasteiger partial charge in [-0.15, -0.1) is 0 Å². The number of rotatable bonds is 7. The number of furan rings is 1. The number of hydrogen-bond donors (Lipinski definition) is 0. The number of esters is 1. The van der Waals surface area contributed by atoms with Crippen LogP contribution in [0.5, 0.6) is 0 Å². The highest BCUT2D eigenvalue weighted by Gasteiger charge is 2.19. The Morgan fingerprint density at radius 1 is 1.30 bits per heavy atom. The largest absolute Gasteiger partial charge is 0.463 e. The van der Waals surface area contributed by atoms with Crippen LogP contribution in [-0.4, -0.2) is 36.3 Å². The van der Waals surface area contributed by atoms with E-state index in [9.17, 15) is 9.59 Å². The number of nitrogens with zero attached hydrogens (tertiary/aromatic N) is 2. The average Bonchev–Trinajstić information content (AvgIpc) is 3.14. The number of hydrogen-bond acceptors (Lipinski definition) is 7. The van der Waals surface area contributed by atoms with Crippen molar-refractivity contribution < 1.29 is 18.7 Å². The van der Waals surface area contributed by atoms with Gasteiger partial charge in [-0.1, -0.05) is 23.9 Å². The second-order valence-corrected chi connectivity index (χ2v) is 6.89. The molecule has 0 bridgehead atoms. The lowest BCUT2D eigenvalue weighted by Gasteiger charge is -2.18. The molecule has 0 N–H and O–H groups in total. The first-order valence-corrected chi connectivity index (χ1v) is 9.33. The van der Waals surface area contributed by atoms with Gasteiger partial charge in [-0.05, 0) is 25.1 Å². The monoisotopic (exact) mass is 388 g/mol. The Labute approximate surface area is 160 Å². The summed E-state index contributed by atoms with van der Waals surface area (Å²) in [7, 11) is 2.90. The summed E-state index contributed by atoms with van der Waals surface area (Å²) in [5.74, 6) is 0.0302. The maximum Gasteiger partial charge on any atom is 0.374 e. The summed E-state index contributed by atoms with van der Waals surface area (Å²) < 4.78 is 16.8. The maximum atomic E-state index is 13.0. The van der Waals surface area contributed by atoms with Crippen LogP contribution in [-0.2, 0) is 15.2 Å². The third-order valence-electron chi connectivity index (χ3n) is 4.10. The van der Waals surface area contributed by atoms with Gasteiger partial charge in [-0.3, -0.25) is 9.36 Å². The van der Waals surface area contributed by atoms with E-state index < -0.39 is 5.97 Å². The van der Waals surface area contributed by atoms with Crippen LogP contribution in [0.25, 0.3) is 10.9 Å². The van der Waals surface area contributed by atoms with Crippen LogP contribution in [0.15, 0.2) is 51.0 Å². The normalized spacial score (nSPS) is 12.3. The predicted octanol–water partition coefficient (Wildman–Crippen LogP) is 3.28. The average molecular weight is 388 g/mol. The highest BCUT2D eigenvalue weighted by molar-refractivity contribution is 7.98. The zero-order valence-corrected chi connectivity index (χ0v) is 16.1. The highest BCUT2D eigenvalue weighted by Crippen LogP contribution is 2.26. The van der Waals surface area contributed by atoms with E-state index in [2.05, 4.69) is 4.98 Å². The van der Waals surface area contributed by atoms with E-state index in [-0.39, 0.29) is 17.4 Å². The molecule has 7 nitrogen and oxygen atoms in total. The molecule has 0 saturated heterocycles. The van der Waals surface area contributed by atoms with Gasteiger partial charge in [0.1, 0.15) is 0 Å². The summed E-state index contributed by atoms with van der Waals surface area (Å²) in [6.45, 7) is 2.29. The second kappa shape index (κ2) is 8.41. The first kappa shape index (κ1) is 19.2. The minimum atomic E-state index is -0.535. The molecule has 142 valence electrons. The number of benzene rings is 1. The number of aromatic nitrogens is 2. The topological polar surface area (TPSA) is 83.6 Å². The lowest BCUT2D eigenvalue weighted by atomic mass is 10.2. The Hall–Kier alpha value is -2.58. The van der Waals surface area contributed by atoms with Gasteiger partial charge in [0, 0.05) is 18.4 Å². The van der Waals surface area contributed by atoms with Crippen LogP contribution >= 0.6 is 11.8 Å². The summed E-state index contributed by atoms with van der Waals surface area (Å²) in [6, 6.07) is 8.76. The summed E-state index contributed by atoms with van der Waals surface area (Å²) in [6.07, 6.45) is 1.44. The minimum absolute atomic E-state index is 0.118. The van der Waals surface area contributed by atoms with Crippen molar-refractivity contribution in [2.24, 2.45) is 0 Å². The number of para-hydroxylation sites is 1. The highest BCUT2D eigenvalue weighted by atomic mass is 32.2. The molecule has 0 fully saturated rings. The van der Waals surface area contributed by atoms with Gasteiger partial charge < -0.3 is 13.9 Å². The molecule has 0 aliphatic heterocycles. The number of carbonyl (C=O) groups excluding carboxylic acids is 1. The summed E-state index contributed by atoms with van der Waals surface area (Å²) >= 11 is 1.36. The zero-order valence-electron chi connectivity index (χ0n) is 15.3. The van der Waals surface area contributed by atoms with Crippen LogP contribution in [0.1, 0.15) is 29.1 Å². The molecule has 0 aliphatic carbocycles. The predicted molar refractivity (Wildman–Crippen MR) is 102 cm³/mol. The smallest absolute Gasteiger partial charge is 0.374 e. The van der Waals surface area contributed by atoms with Crippen molar-refractivity contribution in [2.75, 3.05) is 20.8 Å². The summed E-state index contributed by atoms with van der Waals surface area (Å²) in [4.78, 5) is 29.5. The van der Waals surface area contributed by atoms with Gasteiger partial charge in [0.15, 0.2) is 5.16 Å². The number of fused-ring (bicyclic) bond motifs is 1. The summed E-state index contributed by atoms with van der Waals surface area (Å²) in [5.41, 5.74) is 1.19. The molecule has 2 heterocycles. The molecule has 8 heteroatoms. The van der Waals surface area contributed by atoms with Crippen LogP contribution in [0.2, 0.25) is 0 Å². The molecule has 27 heavy (non-hydrogen) atoms. The molecular weight excluding hydrogens is 368 g/mol. The molecule has 2 aromatic heterocycles. The first-order valence-electron chi connectivity index (χ1n) is 8.34. The van der Waals surface area contributed by atoms with Gasteiger partial charge in [0.25, 0.3) is 5.56 Å². The van der Waals surface area contributed by atoms with Gasteiger partial charge in [-0.25, -0.2) is 9.78 Å². The Kier molecular flexibility index (Phi) is 5.98. The van der Waals surface area contributed by atoms with Crippen molar-refractivity contribution in [2.45, 2.75) is 23.9 Å². The molecule has 1 unspecified atom stereocenters. The zero-order chi connectivity index (χ0) is 19.4. The first-order chi connectivity index (χ1) is 13.1. The molecule has 3 rings (SSSR count). The fourth-order valence-corrected chi connectivity index (χ4v) is 3.87. The van der Waals surface area contributed by atoms with E-state index in [0.717, 1.165) is 0 Å². The van der Waals surface area contributed by atoms with Crippen molar-refractivity contribution >= 4 is 28.6 Å². The van der Waals surface area contributed by atoms with Gasteiger partial charge in [0.2, 0.25) is 5.76 Å². The van der Waals surface area contributed by atoms with Crippen molar-refractivity contribution in [1.29, 1.82) is 0 Å². The third-order valence-corrected chi connectivity index (χ3v) is 5.10. The van der Waals surface area contributed by atoms with E-state index in [1.54, 1.807) is 23.8 Å². The fourth-order valence-electron chi connectivity index (χ4n) is 2.80. The maximum absolute atomic E-state index is 13.0. The summed E-state index contributed by atoms with van der Waals surface area (Å²) in [5, 5.41) is 1.11. The molecule has 0 aliphatic rings. The van der Waals surface area contributed by atoms with Crippen LogP contribution in [0, 0.1) is 0 Å². The molecule has 0 radical (unpaired) electrons. The number of ether oxygens (including phenoxy) is 2. The van der Waals surface area contributed by atoms with E-state index in [1.165, 1.54) is 25.1 Å². The van der Waals surface area contributed by atoms with E-state index in [1.807, 2.05) is 25.1 Å². The standard InChI is InChI=1S/C19H20N2O5S/c1-12(10-24-2)21-17(22)14-6-4-5-7-15(14)20-19(21)27-11-13-8-9-26-16(13)18(23)25-3/h4-9,12H,10-11H2,1-3H3. The number of carbonyl (C=O) groups is 1. The van der Waals surface area contributed by atoms with E-state index in [0.29, 0.717) is 34.0 Å². The Bertz CT molecular complexity index is 1010. The van der Waals surface area contributed by atoms with Crippen molar-refractivity contribution in [1.82, 2.24) is 9.55 Å². The second-order valence-electron chi connectivity index (χ2n) is 5.95. The molecule has 0 spiro atoms. The quantitative estimate of drug-likeness (QED) is 0.349. The fraction of sp³-hybridized carbons (Fsp3) is 0.316. The molecule has 0 amide bonds. The lowest BCUT2D eigenvalue weighted by molar-refractivity contribution is 0.0564. The molecule has 3 aromatic rings. The van der Waals surface area contributed by atoms with Crippen LogP contribution < -0.4 is 5.56 Å². The Morgan fingerprint density at radius 3 is 2.81 bits per heavy atom. The van der Waals surface area contributed by atoms with E-state index in [4.69, 9.17) is 13.9 Å². The molecule has 0 saturated carbocycles. The Morgan fingerprint density at radius 2 is 2.07 bits per heavy atom. The SMILES string of the molecule is COCC(C)n1c(SCc2ccoc2C(=O)OC)nc2ccccc2c1=O.